The third kappa shape index (κ3) is 3.40. The van der Waals surface area contributed by atoms with Crippen molar-refractivity contribution in [3.05, 3.63) is 58.9 Å². The summed E-state index contributed by atoms with van der Waals surface area (Å²) in [4.78, 5) is 12.6. The third-order valence-electron chi connectivity index (χ3n) is 4.64. The van der Waals surface area contributed by atoms with Crippen molar-refractivity contribution in [2.75, 3.05) is 19.7 Å². The van der Waals surface area contributed by atoms with Crippen LogP contribution in [0, 0.1) is 5.82 Å². The number of hydrogen-bond donors (Lipinski definition) is 0. The minimum absolute atomic E-state index is 0.0206. The molecular formula is C18H19FN4O4S. The average Bonchev–Trinajstić information content (AvgIpc) is 3.33. The second-order valence-electron chi connectivity index (χ2n) is 6.49. The average molecular weight is 406 g/mol. The molecule has 1 saturated heterocycles. The topological polar surface area (TPSA) is 85.9 Å². The molecule has 1 aliphatic heterocycles. The summed E-state index contributed by atoms with van der Waals surface area (Å²) in [5, 5.41) is 4.22. The quantitative estimate of drug-likeness (QED) is 0.619. The molecule has 0 atom stereocenters. The van der Waals surface area contributed by atoms with Crippen molar-refractivity contribution < 1.29 is 17.5 Å². The molecule has 3 heterocycles. The number of nitrogens with zero attached hydrogens (tertiary/aromatic N) is 4. The van der Waals surface area contributed by atoms with Gasteiger partial charge >= 0.3 is 5.69 Å². The number of sulfonamides is 1. The van der Waals surface area contributed by atoms with Crippen LogP contribution in [0.3, 0.4) is 0 Å². The predicted molar refractivity (Wildman–Crippen MR) is 99.3 cm³/mol. The Morgan fingerprint density at radius 2 is 1.82 bits per heavy atom. The van der Waals surface area contributed by atoms with E-state index in [0.717, 1.165) is 12.8 Å². The van der Waals surface area contributed by atoms with E-state index in [1.54, 1.807) is 0 Å². The van der Waals surface area contributed by atoms with Crippen molar-refractivity contribution in [2.24, 2.45) is 0 Å². The van der Waals surface area contributed by atoms with E-state index in [4.69, 9.17) is 4.74 Å². The summed E-state index contributed by atoms with van der Waals surface area (Å²) in [5.41, 5.74) is -0.350. The summed E-state index contributed by atoms with van der Waals surface area (Å²) >= 11 is 0. The van der Waals surface area contributed by atoms with E-state index in [0.29, 0.717) is 18.8 Å². The molecule has 3 aromatic rings. The molecule has 0 saturated carbocycles. The van der Waals surface area contributed by atoms with Crippen LogP contribution in [-0.4, -0.2) is 46.6 Å². The van der Waals surface area contributed by atoms with Gasteiger partial charge in [-0.05, 0) is 49.2 Å². The van der Waals surface area contributed by atoms with Crippen LogP contribution in [0.1, 0.15) is 12.8 Å². The number of hydrogen-bond acceptors (Lipinski definition) is 5. The molecule has 10 heteroatoms. The van der Waals surface area contributed by atoms with Crippen LogP contribution >= 0.6 is 0 Å². The van der Waals surface area contributed by atoms with Crippen LogP contribution in [0.2, 0.25) is 0 Å². The van der Waals surface area contributed by atoms with Gasteiger partial charge in [-0.3, -0.25) is 0 Å². The normalized spacial score (nSPS) is 15.3. The molecule has 1 fully saturated rings. The summed E-state index contributed by atoms with van der Waals surface area (Å²) in [6.07, 6.45) is 3.14. The van der Waals surface area contributed by atoms with E-state index in [9.17, 15) is 17.6 Å². The fraction of sp³-hybridized carbons (Fsp3) is 0.333. The van der Waals surface area contributed by atoms with Crippen LogP contribution in [0.25, 0.3) is 5.65 Å². The zero-order valence-electron chi connectivity index (χ0n) is 15.0. The second kappa shape index (κ2) is 7.36. The van der Waals surface area contributed by atoms with E-state index < -0.39 is 15.7 Å². The molecule has 0 unspecified atom stereocenters. The molecule has 4 rings (SSSR count). The fourth-order valence-corrected chi connectivity index (χ4v) is 4.85. The highest BCUT2D eigenvalue weighted by atomic mass is 32.2. The Morgan fingerprint density at radius 1 is 1.11 bits per heavy atom. The fourth-order valence-electron chi connectivity index (χ4n) is 3.21. The highest BCUT2D eigenvalue weighted by Crippen LogP contribution is 2.23. The second-order valence-corrected chi connectivity index (χ2v) is 8.39. The Hall–Kier alpha value is -2.72. The van der Waals surface area contributed by atoms with Gasteiger partial charge in [-0.1, -0.05) is 0 Å². The van der Waals surface area contributed by atoms with Crippen LogP contribution < -0.4 is 10.4 Å². The lowest BCUT2D eigenvalue weighted by Gasteiger charge is -2.15. The smallest absolute Gasteiger partial charge is 0.350 e. The molecule has 0 radical (unpaired) electrons. The van der Waals surface area contributed by atoms with Crippen LogP contribution in [0.4, 0.5) is 4.39 Å². The zero-order valence-corrected chi connectivity index (χ0v) is 15.8. The summed E-state index contributed by atoms with van der Waals surface area (Å²) < 4.78 is 48.0. The molecule has 0 bridgehead atoms. The maximum atomic E-state index is 12.9. The van der Waals surface area contributed by atoms with Gasteiger partial charge in [0.05, 0.1) is 6.54 Å². The zero-order chi connectivity index (χ0) is 19.7. The van der Waals surface area contributed by atoms with Gasteiger partial charge in [0, 0.05) is 19.3 Å². The first-order valence-corrected chi connectivity index (χ1v) is 10.4. The van der Waals surface area contributed by atoms with Crippen molar-refractivity contribution >= 4 is 15.7 Å². The molecule has 2 aromatic heterocycles. The van der Waals surface area contributed by atoms with Crippen molar-refractivity contribution in [1.82, 2.24) is 18.5 Å². The Labute approximate surface area is 160 Å². The maximum Gasteiger partial charge on any atom is 0.350 e. The Balaban J connectivity index is 1.59. The molecular weight excluding hydrogens is 387 g/mol. The van der Waals surface area contributed by atoms with Crippen molar-refractivity contribution in [2.45, 2.75) is 24.3 Å². The molecule has 0 amide bonds. The van der Waals surface area contributed by atoms with Gasteiger partial charge in [0.1, 0.15) is 23.1 Å². The molecule has 0 aliphatic carbocycles. The number of fused-ring (bicyclic) bond motifs is 1. The molecule has 0 N–H and O–H groups in total. The first-order valence-electron chi connectivity index (χ1n) is 8.93. The van der Waals surface area contributed by atoms with Crippen molar-refractivity contribution in [3.8, 4) is 5.75 Å². The summed E-state index contributed by atoms with van der Waals surface area (Å²) in [6.45, 7) is 1.20. The highest BCUT2D eigenvalue weighted by Gasteiger charge is 2.30. The molecule has 1 aliphatic rings. The first-order chi connectivity index (χ1) is 13.5. The number of pyridine rings is 1. The van der Waals surface area contributed by atoms with Crippen LogP contribution in [0.5, 0.6) is 5.75 Å². The molecule has 0 spiro atoms. The lowest BCUT2D eigenvalue weighted by Crippen LogP contribution is -2.28. The van der Waals surface area contributed by atoms with E-state index >= 15 is 0 Å². The SMILES string of the molecule is O=c1n(CCOc2ccc(F)cc2)nc2c(S(=O)(=O)N3CCCC3)cccn12. The van der Waals surface area contributed by atoms with Gasteiger partial charge in [0.15, 0.2) is 5.65 Å². The lowest BCUT2D eigenvalue weighted by molar-refractivity contribution is 0.288. The predicted octanol–water partition coefficient (Wildman–Crippen LogP) is 1.50. The molecule has 1 aromatic carbocycles. The standard InChI is InChI=1S/C18H19FN4O4S/c19-14-5-7-15(8-6-14)27-13-12-23-18(24)22-11-3-4-16(17(22)20-23)28(25,26)21-9-1-2-10-21/h3-8,11H,1-2,9-10,12-13H2. The van der Waals surface area contributed by atoms with E-state index in [-0.39, 0.29) is 29.5 Å². The van der Waals surface area contributed by atoms with E-state index in [1.165, 1.54) is 56.0 Å². The Morgan fingerprint density at radius 3 is 2.54 bits per heavy atom. The lowest BCUT2D eigenvalue weighted by atomic mass is 10.3. The Bertz CT molecular complexity index is 1150. The van der Waals surface area contributed by atoms with Gasteiger partial charge < -0.3 is 4.74 Å². The largest absolute Gasteiger partial charge is 0.492 e. The number of aromatic nitrogens is 3. The van der Waals surface area contributed by atoms with Crippen LogP contribution in [0.15, 0.2) is 52.3 Å². The Kier molecular flexibility index (Phi) is 4.90. The molecule has 28 heavy (non-hydrogen) atoms. The number of halogens is 1. The van der Waals surface area contributed by atoms with E-state index in [2.05, 4.69) is 5.10 Å². The minimum Gasteiger partial charge on any atom is -0.492 e. The van der Waals surface area contributed by atoms with Crippen molar-refractivity contribution in [3.63, 3.8) is 0 Å². The summed E-state index contributed by atoms with van der Waals surface area (Å²) in [6, 6.07) is 8.53. The van der Waals surface area contributed by atoms with Gasteiger partial charge in [0.25, 0.3) is 0 Å². The van der Waals surface area contributed by atoms with Gasteiger partial charge in [-0.2, -0.15) is 4.31 Å². The third-order valence-corrected chi connectivity index (χ3v) is 6.56. The molecule has 8 nitrogen and oxygen atoms in total. The van der Waals surface area contributed by atoms with Crippen LogP contribution in [-0.2, 0) is 16.6 Å². The maximum absolute atomic E-state index is 12.9. The molecule has 148 valence electrons. The van der Waals surface area contributed by atoms with Crippen molar-refractivity contribution in [1.29, 1.82) is 0 Å². The highest BCUT2D eigenvalue weighted by molar-refractivity contribution is 7.89. The monoisotopic (exact) mass is 406 g/mol. The number of benzene rings is 1. The van der Waals surface area contributed by atoms with Gasteiger partial charge in [-0.25, -0.2) is 26.7 Å². The van der Waals surface area contributed by atoms with Gasteiger partial charge in [-0.15, -0.1) is 5.10 Å². The van der Waals surface area contributed by atoms with E-state index in [1.807, 2.05) is 0 Å². The summed E-state index contributed by atoms with van der Waals surface area (Å²) in [7, 11) is -3.71. The summed E-state index contributed by atoms with van der Waals surface area (Å²) in [5.74, 6) is 0.103. The van der Waals surface area contributed by atoms with Gasteiger partial charge in [0.2, 0.25) is 10.0 Å². The number of rotatable bonds is 6. The number of ether oxygens (including phenoxy) is 1. The first kappa shape index (κ1) is 18.6. The minimum atomic E-state index is -3.71.